The van der Waals surface area contributed by atoms with Crippen LogP contribution in [0.1, 0.15) is 53.8 Å². The van der Waals surface area contributed by atoms with Crippen molar-refractivity contribution in [1.82, 2.24) is 4.98 Å². The molecule has 0 aliphatic heterocycles. The molecule has 0 saturated heterocycles. The number of carbonyl (C=O) groups is 2. The van der Waals surface area contributed by atoms with Gasteiger partial charge in [0.25, 0.3) is 5.91 Å². The fourth-order valence-electron chi connectivity index (χ4n) is 2.33. The lowest BCUT2D eigenvalue weighted by Crippen LogP contribution is -2.13. The van der Waals surface area contributed by atoms with Crippen molar-refractivity contribution in [2.24, 2.45) is 0 Å². The number of aromatic nitrogens is 1. The molecule has 0 atom stereocenters. The Bertz CT molecular complexity index is 712. The molecule has 2 N–H and O–H groups in total. The van der Waals surface area contributed by atoms with E-state index >= 15 is 0 Å². The number of pyridine rings is 1. The normalized spacial score (nSPS) is 10.2. The third-order valence-electron chi connectivity index (χ3n) is 3.77. The molecule has 0 spiro atoms. The van der Waals surface area contributed by atoms with Gasteiger partial charge in [-0.2, -0.15) is 0 Å². The molecule has 1 aromatic carbocycles. The minimum Gasteiger partial charge on any atom is -0.462 e. The zero-order valence-electron chi connectivity index (χ0n) is 15.2. The Morgan fingerprint density at radius 2 is 1.73 bits per heavy atom. The van der Waals surface area contributed by atoms with Crippen LogP contribution < -0.4 is 10.6 Å². The summed E-state index contributed by atoms with van der Waals surface area (Å²) in [6.07, 6.45) is 5.00. The maximum absolute atomic E-state index is 12.3. The van der Waals surface area contributed by atoms with Gasteiger partial charge in [0.05, 0.1) is 17.7 Å². The predicted molar refractivity (Wildman–Crippen MR) is 103 cm³/mol. The standard InChI is InChI=1S/C20H25N3O3/c1-3-5-6-13-21-18-12-9-16(14-22-18)19(24)23-17-10-7-15(8-11-17)20(25)26-4-2/h7-12,14H,3-6,13H2,1-2H3,(H,21,22)(H,23,24). The first-order valence-corrected chi connectivity index (χ1v) is 8.92. The van der Waals surface area contributed by atoms with Gasteiger partial charge in [-0.15, -0.1) is 0 Å². The van der Waals surface area contributed by atoms with Gasteiger partial charge in [0.1, 0.15) is 5.82 Å². The highest BCUT2D eigenvalue weighted by atomic mass is 16.5. The van der Waals surface area contributed by atoms with Gasteiger partial charge in [0, 0.05) is 18.4 Å². The summed E-state index contributed by atoms with van der Waals surface area (Å²) in [5.74, 6) is 0.131. The van der Waals surface area contributed by atoms with Gasteiger partial charge in [-0.3, -0.25) is 4.79 Å². The first-order chi connectivity index (χ1) is 12.6. The molecule has 0 fully saturated rings. The van der Waals surface area contributed by atoms with Crippen LogP contribution in [0.5, 0.6) is 0 Å². The van der Waals surface area contributed by atoms with Crippen molar-refractivity contribution in [3.05, 3.63) is 53.7 Å². The lowest BCUT2D eigenvalue weighted by molar-refractivity contribution is 0.0526. The summed E-state index contributed by atoms with van der Waals surface area (Å²) >= 11 is 0. The number of nitrogens with zero attached hydrogens (tertiary/aromatic N) is 1. The highest BCUT2D eigenvalue weighted by Crippen LogP contribution is 2.13. The number of rotatable bonds is 9. The SMILES string of the molecule is CCCCCNc1ccc(C(=O)Nc2ccc(C(=O)OCC)cc2)cn1. The van der Waals surface area contributed by atoms with E-state index in [1.165, 1.54) is 12.8 Å². The van der Waals surface area contributed by atoms with Crippen molar-refractivity contribution >= 4 is 23.4 Å². The van der Waals surface area contributed by atoms with Gasteiger partial charge < -0.3 is 15.4 Å². The van der Waals surface area contributed by atoms with Crippen molar-refractivity contribution in [3.63, 3.8) is 0 Å². The second-order valence-corrected chi connectivity index (χ2v) is 5.82. The molecule has 2 aromatic rings. The van der Waals surface area contributed by atoms with Crippen molar-refractivity contribution in [1.29, 1.82) is 0 Å². The lowest BCUT2D eigenvalue weighted by Gasteiger charge is -2.08. The maximum atomic E-state index is 12.3. The van der Waals surface area contributed by atoms with E-state index < -0.39 is 0 Å². The molecule has 6 nitrogen and oxygen atoms in total. The summed E-state index contributed by atoms with van der Waals surface area (Å²) in [6.45, 7) is 5.12. The monoisotopic (exact) mass is 355 g/mol. The second-order valence-electron chi connectivity index (χ2n) is 5.82. The van der Waals surface area contributed by atoms with Crippen LogP contribution in [-0.2, 0) is 4.74 Å². The highest BCUT2D eigenvalue weighted by molar-refractivity contribution is 6.04. The van der Waals surface area contributed by atoms with Gasteiger partial charge in [0.15, 0.2) is 0 Å². The van der Waals surface area contributed by atoms with Gasteiger partial charge in [-0.05, 0) is 49.7 Å². The topological polar surface area (TPSA) is 80.3 Å². The number of esters is 1. The molecule has 0 aliphatic rings. The summed E-state index contributed by atoms with van der Waals surface area (Å²) in [7, 11) is 0. The quantitative estimate of drug-likeness (QED) is 0.522. The Morgan fingerprint density at radius 3 is 2.35 bits per heavy atom. The average molecular weight is 355 g/mol. The molecule has 0 unspecified atom stereocenters. The van der Waals surface area contributed by atoms with Crippen LogP contribution >= 0.6 is 0 Å². The summed E-state index contributed by atoms with van der Waals surface area (Å²) < 4.78 is 4.93. The first-order valence-electron chi connectivity index (χ1n) is 8.92. The first kappa shape index (κ1) is 19.4. The van der Waals surface area contributed by atoms with E-state index in [1.807, 2.05) is 0 Å². The summed E-state index contributed by atoms with van der Waals surface area (Å²) in [5, 5.41) is 6.02. The van der Waals surface area contributed by atoms with E-state index in [-0.39, 0.29) is 11.9 Å². The Hall–Kier alpha value is -2.89. The second kappa shape index (κ2) is 10.2. The van der Waals surface area contributed by atoms with Gasteiger partial charge in [-0.25, -0.2) is 9.78 Å². The van der Waals surface area contributed by atoms with Gasteiger partial charge in [-0.1, -0.05) is 19.8 Å². The third kappa shape index (κ3) is 5.88. The molecular formula is C20H25N3O3. The maximum Gasteiger partial charge on any atom is 0.338 e. The smallest absolute Gasteiger partial charge is 0.338 e. The number of benzene rings is 1. The molecule has 1 heterocycles. The minimum absolute atomic E-state index is 0.251. The molecular weight excluding hydrogens is 330 g/mol. The molecule has 0 radical (unpaired) electrons. The van der Waals surface area contributed by atoms with Crippen LogP contribution in [0.2, 0.25) is 0 Å². The summed E-state index contributed by atoms with van der Waals surface area (Å²) in [5.41, 5.74) is 1.52. The largest absolute Gasteiger partial charge is 0.462 e. The van der Waals surface area contributed by atoms with Crippen LogP contribution in [0.25, 0.3) is 0 Å². The zero-order chi connectivity index (χ0) is 18.8. The Labute approximate surface area is 154 Å². The average Bonchev–Trinajstić information content (AvgIpc) is 2.66. The van der Waals surface area contributed by atoms with E-state index in [0.29, 0.717) is 23.4 Å². The number of ether oxygens (including phenoxy) is 1. The number of unbranched alkanes of at least 4 members (excludes halogenated alkanes) is 2. The van der Waals surface area contributed by atoms with Crippen LogP contribution in [0, 0.1) is 0 Å². The predicted octanol–water partition coefficient (Wildman–Crippen LogP) is 4.11. The summed E-state index contributed by atoms with van der Waals surface area (Å²) in [6, 6.07) is 10.1. The Kier molecular flexibility index (Phi) is 7.61. The van der Waals surface area contributed by atoms with Crippen LogP contribution in [0.3, 0.4) is 0 Å². The van der Waals surface area contributed by atoms with E-state index in [2.05, 4.69) is 22.5 Å². The zero-order valence-corrected chi connectivity index (χ0v) is 15.2. The Balaban J connectivity index is 1.89. The van der Waals surface area contributed by atoms with Gasteiger partial charge in [0.2, 0.25) is 0 Å². The van der Waals surface area contributed by atoms with Crippen molar-refractivity contribution in [2.45, 2.75) is 33.1 Å². The number of hydrogen-bond donors (Lipinski definition) is 2. The van der Waals surface area contributed by atoms with Crippen LogP contribution in [-0.4, -0.2) is 30.0 Å². The minimum atomic E-state index is -0.378. The van der Waals surface area contributed by atoms with Gasteiger partial charge >= 0.3 is 5.97 Å². The number of anilines is 2. The number of hydrogen-bond acceptors (Lipinski definition) is 5. The van der Waals surface area contributed by atoms with Crippen LogP contribution in [0.4, 0.5) is 11.5 Å². The van der Waals surface area contributed by atoms with Crippen LogP contribution in [0.15, 0.2) is 42.6 Å². The molecule has 1 aromatic heterocycles. The highest BCUT2D eigenvalue weighted by Gasteiger charge is 2.09. The fraction of sp³-hybridized carbons (Fsp3) is 0.350. The molecule has 0 saturated carbocycles. The molecule has 138 valence electrons. The lowest BCUT2D eigenvalue weighted by atomic mass is 10.2. The molecule has 0 bridgehead atoms. The van der Waals surface area contributed by atoms with Crippen molar-refractivity contribution in [2.75, 3.05) is 23.8 Å². The molecule has 2 rings (SSSR count). The number of nitrogens with one attached hydrogen (secondary N) is 2. The van der Waals surface area contributed by atoms with E-state index in [4.69, 9.17) is 4.74 Å². The van der Waals surface area contributed by atoms with E-state index in [1.54, 1.807) is 49.5 Å². The number of carbonyl (C=O) groups excluding carboxylic acids is 2. The third-order valence-corrected chi connectivity index (χ3v) is 3.77. The molecule has 1 amide bonds. The fourth-order valence-corrected chi connectivity index (χ4v) is 2.33. The Morgan fingerprint density at radius 1 is 1.00 bits per heavy atom. The van der Waals surface area contributed by atoms with Crippen molar-refractivity contribution < 1.29 is 14.3 Å². The molecule has 0 aliphatic carbocycles. The number of amides is 1. The molecule has 26 heavy (non-hydrogen) atoms. The van der Waals surface area contributed by atoms with Crippen molar-refractivity contribution in [3.8, 4) is 0 Å². The van der Waals surface area contributed by atoms with E-state index in [9.17, 15) is 9.59 Å². The summed E-state index contributed by atoms with van der Waals surface area (Å²) in [4.78, 5) is 28.2. The van der Waals surface area contributed by atoms with E-state index in [0.717, 1.165) is 18.8 Å². The molecule has 6 heteroatoms.